The van der Waals surface area contributed by atoms with E-state index in [1.807, 2.05) is 0 Å². The van der Waals surface area contributed by atoms with Crippen LogP contribution in [0.3, 0.4) is 0 Å². The SMILES string of the molecule is CC(NC(=O)NCC1CC=CCC1)(C(=O)O)C1CC1. The summed E-state index contributed by atoms with van der Waals surface area (Å²) in [7, 11) is 0. The number of carboxylic acid groups (broad SMARTS) is 1. The molecule has 0 aromatic rings. The van der Waals surface area contributed by atoms with E-state index in [1.165, 1.54) is 0 Å². The Morgan fingerprint density at radius 1 is 1.32 bits per heavy atom. The van der Waals surface area contributed by atoms with Crippen LogP contribution in [-0.4, -0.2) is 29.2 Å². The topological polar surface area (TPSA) is 78.4 Å². The second kappa shape index (κ2) is 5.63. The number of amides is 2. The Labute approximate surface area is 113 Å². The van der Waals surface area contributed by atoms with Crippen molar-refractivity contribution in [2.24, 2.45) is 11.8 Å². The van der Waals surface area contributed by atoms with Crippen molar-refractivity contribution in [1.29, 1.82) is 0 Å². The van der Waals surface area contributed by atoms with Crippen LogP contribution in [0.15, 0.2) is 12.2 Å². The lowest BCUT2D eigenvalue weighted by atomic mass is 9.94. The highest BCUT2D eigenvalue weighted by molar-refractivity contribution is 5.86. The molecule has 1 fully saturated rings. The van der Waals surface area contributed by atoms with E-state index < -0.39 is 11.5 Å². The van der Waals surface area contributed by atoms with Crippen molar-refractivity contribution in [2.45, 2.75) is 44.6 Å². The predicted molar refractivity (Wildman–Crippen MR) is 71.8 cm³/mol. The second-order valence-electron chi connectivity index (χ2n) is 5.77. The monoisotopic (exact) mass is 266 g/mol. The minimum absolute atomic E-state index is 0.0633. The van der Waals surface area contributed by atoms with Crippen molar-refractivity contribution >= 4 is 12.0 Å². The fourth-order valence-corrected chi connectivity index (χ4v) is 2.55. The number of carbonyl (C=O) groups is 2. The maximum atomic E-state index is 11.8. The Bertz CT molecular complexity index is 390. The van der Waals surface area contributed by atoms with Gasteiger partial charge in [0.15, 0.2) is 0 Å². The summed E-state index contributed by atoms with van der Waals surface area (Å²) in [5.74, 6) is -0.424. The van der Waals surface area contributed by atoms with Gasteiger partial charge in [0.1, 0.15) is 5.54 Å². The largest absolute Gasteiger partial charge is 0.480 e. The van der Waals surface area contributed by atoms with Crippen LogP contribution in [0.5, 0.6) is 0 Å². The van der Waals surface area contributed by atoms with Crippen molar-refractivity contribution < 1.29 is 14.7 Å². The van der Waals surface area contributed by atoms with Gasteiger partial charge in [-0.2, -0.15) is 0 Å². The summed E-state index contributed by atoms with van der Waals surface area (Å²) in [6, 6.07) is -0.369. The molecule has 106 valence electrons. The molecule has 2 atom stereocenters. The standard InChI is InChI=1S/C14H22N2O3/c1-14(12(17)18,11-7-8-11)16-13(19)15-9-10-5-3-2-4-6-10/h2-3,10-11H,4-9H2,1H3,(H,17,18)(H2,15,16,19). The van der Waals surface area contributed by atoms with Crippen LogP contribution in [-0.2, 0) is 4.79 Å². The number of aliphatic carboxylic acids is 1. The van der Waals surface area contributed by atoms with Crippen LogP contribution in [0.25, 0.3) is 0 Å². The summed E-state index contributed by atoms with van der Waals surface area (Å²) in [4.78, 5) is 23.1. The molecule has 19 heavy (non-hydrogen) atoms. The molecule has 0 aromatic carbocycles. The molecule has 0 spiro atoms. The van der Waals surface area contributed by atoms with Crippen molar-refractivity contribution in [3.8, 4) is 0 Å². The zero-order valence-electron chi connectivity index (χ0n) is 11.3. The molecule has 2 aliphatic rings. The predicted octanol–water partition coefficient (Wildman–Crippen LogP) is 1.90. The third-order valence-electron chi connectivity index (χ3n) is 4.14. The summed E-state index contributed by atoms with van der Waals surface area (Å²) in [6.07, 6.45) is 9.16. The minimum Gasteiger partial charge on any atom is -0.480 e. The Hall–Kier alpha value is -1.52. The van der Waals surface area contributed by atoms with Gasteiger partial charge in [-0.25, -0.2) is 9.59 Å². The molecule has 0 aromatic heterocycles. The maximum Gasteiger partial charge on any atom is 0.329 e. The number of allylic oxidation sites excluding steroid dienone is 2. The molecular formula is C14H22N2O3. The summed E-state index contributed by atoms with van der Waals surface area (Å²) in [5, 5.41) is 14.7. The van der Waals surface area contributed by atoms with Crippen molar-refractivity contribution in [3.05, 3.63) is 12.2 Å². The van der Waals surface area contributed by atoms with Gasteiger partial charge in [0, 0.05) is 6.54 Å². The fourth-order valence-electron chi connectivity index (χ4n) is 2.55. The molecule has 2 amide bonds. The molecule has 0 aliphatic heterocycles. The summed E-state index contributed by atoms with van der Waals surface area (Å²) >= 11 is 0. The zero-order valence-corrected chi connectivity index (χ0v) is 11.3. The highest BCUT2D eigenvalue weighted by atomic mass is 16.4. The van der Waals surface area contributed by atoms with Gasteiger partial charge in [-0.3, -0.25) is 0 Å². The summed E-state index contributed by atoms with van der Waals surface area (Å²) in [6.45, 7) is 2.20. The minimum atomic E-state index is -1.13. The van der Waals surface area contributed by atoms with E-state index in [0.717, 1.165) is 32.1 Å². The second-order valence-corrected chi connectivity index (χ2v) is 5.77. The van der Waals surface area contributed by atoms with Gasteiger partial charge < -0.3 is 15.7 Å². The normalized spacial score (nSPS) is 25.4. The van der Waals surface area contributed by atoms with Crippen LogP contribution in [0.2, 0.25) is 0 Å². The van der Waals surface area contributed by atoms with E-state index in [4.69, 9.17) is 0 Å². The van der Waals surface area contributed by atoms with Crippen LogP contribution in [0.4, 0.5) is 4.79 Å². The fraction of sp³-hybridized carbons (Fsp3) is 0.714. The molecular weight excluding hydrogens is 244 g/mol. The van der Waals surface area contributed by atoms with Crippen LogP contribution in [0.1, 0.15) is 39.0 Å². The van der Waals surface area contributed by atoms with E-state index in [0.29, 0.717) is 12.5 Å². The number of urea groups is 1. The highest BCUT2D eigenvalue weighted by Gasteiger charge is 2.48. The first-order valence-corrected chi connectivity index (χ1v) is 6.97. The van der Waals surface area contributed by atoms with E-state index in [9.17, 15) is 14.7 Å². The third-order valence-corrected chi connectivity index (χ3v) is 4.14. The van der Waals surface area contributed by atoms with Crippen LogP contribution >= 0.6 is 0 Å². The number of hydrogen-bond acceptors (Lipinski definition) is 2. The van der Waals surface area contributed by atoms with E-state index in [1.54, 1.807) is 6.92 Å². The Morgan fingerprint density at radius 2 is 2.05 bits per heavy atom. The average Bonchev–Trinajstić information content (AvgIpc) is 3.22. The number of carboxylic acids is 1. The lowest BCUT2D eigenvalue weighted by Crippen LogP contribution is -2.57. The smallest absolute Gasteiger partial charge is 0.329 e. The number of rotatable bonds is 5. The molecule has 0 bridgehead atoms. The first kappa shape index (κ1) is 13.9. The lowest BCUT2D eigenvalue weighted by Gasteiger charge is -2.27. The number of carbonyl (C=O) groups excluding carboxylic acids is 1. The Kier molecular flexibility index (Phi) is 4.12. The summed E-state index contributed by atoms with van der Waals surface area (Å²) in [5.41, 5.74) is -1.13. The van der Waals surface area contributed by atoms with Gasteiger partial charge in [0.05, 0.1) is 0 Å². The molecule has 0 heterocycles. The molecule has 1 saturated carbocycles. The molecule has 0 radical (unpaired) electrons. The van der Waals surface area contributed by atoms with Crippen LogP contribution in [0, 0.1) is 11.8 Å². The molecule has 2 rings (SSSR count). The maximum absolute atomic E-state index is 11.8. The Morgan fingerprint density at radius 3 is 2.58 bits per heavy atom. The number of hydrogen-bond donors (Lipinski definition) is 3. The number of nitrogens with one attached hydrogen (secondary N) is 2. The zero-order chi connectivity index (χ0) is 13.9. The van der Waals surface area contributed by atoms with Gasteiger partial charge in [-0.05, 0) is 50.9 Å². The van der Waals surface area contributed by atoms with Gasteiger partial charge in [0.25, 0.3) is 0 Å². The van der Waals surface area contributed by atoms with Gasteiger partial charge in [-0.1, -0.05) is 12.2 Å². The van der Waals surface area contributed by atoms with E-state index >= 15 is 0 Å². The summed E-state index contributed by atoms with van der Waals surface area (Å²) < 4.78 is 0. The third kappa shape index (κ3) is 3.49. The van der Waals surface area contributed by atoms with Crippen molar-refractivity contribution in [3.63, 3.8) is 0 Å². The van der Waals surface area contributed by atoms with Crippen molar-refractivity contribution in [1.82, 2.24) is 10.6 Å². The van der Waals surface area contributed by atoms with Crippen LogP contribution < -0.4 is 10.6 Å². The van der Waals surface area contributed by atoms with E-state index in [-0.39, 0.29) is 11.9 Å². The first-order chi connectivity index (χ1) is 9.02. The molecule has 5 heteroatoms. The highest BCUT2D eigenvalue weighted by Crippen LogP contribution is 2.39. The van der Waals surface area contributed by atoms with E-state index in [2.05, 4.69) is 22.8 Å². The van der Waals surface area contributed by atoms with Gasteiger partial charge in [0.2, 0.25) is 0 Å². The Balaban J connectivity index is 1.79. The molecule has 3 N–H and O–H groups in total. The molecule has 2 aliphatic carbocycles. The average molecular weight is 266 g/mol. The molecule has 0 saturated heterocycles. The first-order valence-electron chi connectivity index (χ1n) is 6.97. The van der Waals surface area contributed by atoms with Gasteiger partial charge >= 0.3 is 12.0 Å². The molecule has 2 unspecified atom stereocenters. The lowest BCUT2D eigenvalue weighted by molar-refractivity contribution is -0.144. The van der Waals surface area contributed by atoms with Gasteiger partial charge in [-0.15, -0.1) is 0 Å². The molecule has 5 nitrogen and oxygen atoms in total. The quantitative estimate of drug-likeness (QED) is 0.665. The van der Waals surface area contributed by atoms with Crippen molar-refractivity contribution in [2.75, 3.05) is 6.54 Å².